The van der Waals surface area contributed by atoms with Crippen molar-refractivity contribution in [3.05, 3.63) is 82.3 Å². The number of carbonyl (C=O) groups excluding carboxylic acids is 3. The van der Waals surface area contributed by atoms with Crippen LogP contribution in [0.25, 0.3) is 0 Å². The number of carbonyl (C=O) groups is 3. The topological polar surface area (TPSA) is 81.8 Å². The van der Waals surface area contributed by atoms with Crippen molar-refractivity contribution in [3.63, 3.8) is 0 Å². The van der Waals surface area contributed by atoms with Gasteiger partial charge in [0.15, 0.2) is 0 Å². The van der Waals surface area contributed by atoms with E-state index >= 15 is 0 Å². The summed E-state index contributed by atoms with van der Waals surface area (Å²) < 4.78 is 54.9. The van der Waals surface area contributed by atoms with E-state index in [1.54, 1.807) is 6.92 Å². The van der Waals surface area contributed by atoms with Crippen LogP contribution >= 0.6 is 0 Å². The van der Waals surface area contributed by atoms with Gasteiger partial charge in [0.25, 0.3) is 5.91 Å². The van der Waals surface area contributed by atoms with Crippen LogP contribution in [0.15, 0.2) is 59.8 Å². The molecule has 0 radical (unpaired) electrons. The Morgan fingerprint density at radius 3 is 2.38 bits per heavy atom. The van der Waals surface area contributed by atoms with Gasteiger partial charge in [-0.25, -0.2) is 9.18 Å². The smallest absolute Gasteiger partial charge is 0.350 e. The molecule has 2 N–H and O–H groups in total. The van der Waals surface area contributed by atoms with Crippen LogP contribution in [0, 0.1) is 11.7 Å². The number of likely N-dealkylation sites (N-methyl/N-ethyl adjacent to an activating group) is 1. The van der Waals surface area contributed by atoms with Gasteiger partial charge in [0.1, 0.15) is 11.9 Å². The maximum Gasteiger partial charge on any atom is 0.416 e. The fraction of sp³-hybridized carbons (Fsp3) is 0.393. The molecule has 0 aromatic heterocycles. The zero-order valence-corrected chi connectivity index (χ0v) is 21.8. The molecule has 2 aromatic rings. The average Bonchev–Trinajstić information content (AvgIpc) is 3.22. The Morgan fingerprint density at radius 2 is 1.77 bits per heavy atom. The predicted molar refractivity (Wildman–Crippen MR) is 135 cm³/mol. The minimum atomic E-state index is -4.70. The van der Waals surface area contributed by atoms with Crippen LogP contribution in [0.3, 0.4) is 0 Å². The molecule has 2 atom stereocenters. The van der Waals surface area contributed by atoms with Crippen molar-refractivity contribution in [1.29, 1.82) is 0 Å². The second-order valence-electron chi connectivity index (χ2n) is 9.99. The number of hydrogen-bond acceptors (Lipinski definition) is 3. The van der Waals surface area contributed by atoms with Gasteiger partial charge in [-0.15, -0.1) is 0 Å². The van der Waals surface area contributed by atoms with Crippen LogP contribution in [0.4, 0.5) is 22.4 Å². The summed E-state index contributed by atoms with van der Waals surface area (Å²) in [4.78, 5) is 42.9. The number of hydrogen-bond donors (Lipinski definition) is 2. The Labute approximate surface area is 223 Å². The van der Waals surface area contributed by atoms with Gasteiger partial charge in [-0.05, 0) is 48.6 Å². The third-order valence-corrected chi connectivity index (χ3v) is 6.90. The molecular formula is C28H30F4N4O3. The molecule has 0 spiro atoms. The van der Waals surface area contributed by atoms with Crippen LogP contribution < -0.4 is 10.6 Å². The number of benzene rings is 2. The second kappa shape index (κ2) is 11.1. The molecule has 39 heavy (non-hydrogen) atoms. The average molecular weight is 547 g/mol. The summed E-state index contributed by atoms with van der Waals surface area (Å²) in [7, 11) is 0. The molecule has 2 aliphatic heterocycles. The van der Waals surface area contributed by atoms with E-state index in [0.29, 0.717) is 12.0 Å². The highest BCUT2D eigenvalue weighted by Gasteiger charge is 2.48. The van der Waals surface area contributed by atoms with Crippen molar-refractivity contribution in [2.45, 2.75) is 52.0 Å². The van der Waals surface area contributed by atoms with Gasteiger partial charge in [-0.3, -0.25) is 14.5 Å². The molecule has 4 rings (SSSR count). The van der Waals surface area contributed by atoms with Gasteiger partial charge < -0.3 is 15.5 Å². The van der Waals surface area contributed by atoms with Gasteiger partial charge in [0.2, 0.25) is 5.91 Å². The number of alkyl halides is 3. The van der Waals surface area contributed by atoms with Crippen molar-refractivity contribution in [2.24, 2.45) is 5.92 Å². The number of urea groups is 1. The fourth-order valence-corrected chi connectivity index (χ4v) is 5.07. The lowest BCUT2D eigenvalue weighted by molar-refractivity contribution is -0.139. The van der Waals surface area contributed by atoms with E-state index in [4.69, 9.17) is 0 Å². The zero-order valence-electron chi connectivity index (χ0n) is 21.8. The van der Waals surface area contributed by atoms with Crippen LogP contribution in [0.5, 0.6) is 0 Å². The first-order chi connectivity index (χ1) is 18.4. The van der Waals surface area contributed by atoms with Crippen molar-refractivity contribution in [2.75, 3.05) is 13.1 Å². The lowest BCUT2D eigenvalue weighted by Gasteiger charge is -2.33. The molecule has 0 saturated heterocycles. The van der Waals surface area contributed by atoms with Crippen LogP contribution in [0.1, 0.15) is 49.9 Å². The number of amides is 4. The number of nitrogens with one attached hydrogen (secondary N) is 2. The summed E-state index contributed by atoms with van der Waals surface area (Å²) in [6, 6.07) is 7.57. The number of rotatable bonds is 8. The van der Waals surface area contributed by atoms with Gasteiger partial charge in [-0.1, -0.05) is 44.2 Å². The monoisotopic (exact) mass is 546 g/mol. The third kappa shape index (κ3) is 5.76. The summed E-state index contributed by atoms with van der Waals surface area (Å²) in [5, 5.41) is 5.37. The molecule has 7 nitrogen and oxygen atoms in total. The lowest BCUT2D eigenvalue weighted by atomic mass is 9.91. The van der Waals surface area contributed by atoms with Gasteiger partial charge in [0.05, 0.1) is 29.4 Å². The molecule has 2 heterocycles. The highest BCUT2D eigenvalue weighted by Crippen LogP contribution is 2.42. The lowest BCUT2D eigenvalue weighted by Crippen LogP contribution is -2.49. The molecule has 2 aromatic carbocycles. The first-order valence-corrected chi connectivity index (χ1v) is 12.7. The molecule has 4 amide bonds. The standard InChI is InChI=1S/C28H30F4N4O3/c1-4-35-22-15-36(21(13-16(2)3)25(37)33-14-17-9-11-18(29)12-10-17)26(38)23(22)24(34-27(35)39)19-7-5-6-8-20(19)28(30,31)32/h5-12,16,21,24H,4,13-15H2,1-3H3,(H,33,37)(H,34,39)/t21-,24+/m0/s1. The van der Waals surface area contributed by atoms with Crippen molar-refractivity contribution in [3.8, 4) is 0 Å². The first-order valence-electron chi connectivity index (χ1n) is 12.7. The van der Waals surface area contributed by atoms with E-state index in [2.05, 4.69) is 10.6 Å². The third-order valence-electron chi connectivity index (χ3n) is 6.90. The Bertz CT molecular complexity index is 1290. The van der Waals surface area contributed by atoms with Gasteiger partial charge in [0, 0.05) is 13.1 Å². The SMILES string of the molecule is CCN1C(=O)N[C@H](c2ccccc2C(F)(F)F)C2=C1CN([C@@H](CC(C)C)C(=O)NCc1ccc(F)cc1)C2=O. The molecule has 0 fully saturated rings. The Balaban J connectivity index is 1.68. The molecule has 0 unspecified atom stereocenters. The van der Waals surface area contributed by atoms with Crippen LogP contribution in [-0.4, -0.2) is 46.8 Å². The summed E-state index contributed by atoms with van der Waals surface area (Å²) in [5.41, 5.74) is -0.220. The van der Waals surface area contributed by atoms with E-state index < -0.39 is 47.5 Å². The van der Waals surface area contributed by atoms with Crippen molar-refractivity contribution in [1.82, 2.24) is 20.4 Å². The molecule has 0 bridgehead atoms. The number of nitrogens with zero attached hydrogens (tertiary/aromatic N) is 2. The number of halogens is 4. The van der Waals surface area contributed by atoms with Crippen molar-refractivity contribution >= 4 is 17.8 Å². The largest absolute Gasteiger partial charge is 0.416 e. The molecule has 11 heteroatoms. The summed E-state index contributed by atoms with van der Waals surface area (Å²) in [6.07, 6.45) is -4.41. The summed E-state index contributed by atoms with van der Waals surface area (Å²) in [5.74, 6) is -1.46. The molecule has 2 aliphatic rings. The van der Waals surface area contributed by atoms with Gasteiger partial charge in [-0.2, -0.15) is 13.2 Å². The van der Waals surface area contributed by atoms with E-state index in [-0.39, 0.29) is 42.4 Å². The van der Waals surface area contributed by atoms with E-state index in [1.807, 2.05) is 13.8 Å². The van der Waals surface area contributed by atoms with Crippen LogP contribution in [-0.2, 0) is 22.3 Å². The predicted octanol–water partition coefficient (Wildman–Crippen LogP) is 4.76. The summed E-state index contributed by atoms with van der Waals surface area (Å²) in [6.45, 7) is 5.67. The highest BCUT2D eigenvalue weighted by molar-refractivity contribution is 6.03. The molecule has 208 valence electrons. The van der Waals surface area contributed by atoms with Crippen molar-refractivity contribution < 1.29 is 31.9 Å². The van der Waals surface area contributed by atoms with Gasteiger partial charge >= 0.3 is 12.2 Å². The maximum absolute atomic E-state index is 13.9. The summed E-state index contributed by atoms with van der Waals surface area (Å²) >= 11 is 0. The Morgan fingerprint density at radius 1 is 1.10 bits per heavy atom. The normalized spacial score (nSPS) is 18.4. The highest BCUT2D eigenvalue weighted by atomic mass is 19.4. The minimum absolute atomic E-state index is 0.000728. The molecular weight excluding hydrogens is 516 g/mol. The Hall–Kier alpha value is -3.89. The second-order valence-corrected chi connectivity index (χ2v) is 9.99. The molecule has 0 aliphatic carbocycles. The minimum Gasteiger partial charge on any atom is -0.350 e. The van der Waals surface area contributed by atoms with E-state index in [1.165, 1.54) is 52.3 Å². The first kappa shape index (κ1) is 28.1. The zero-order chi connectivity index (χ0) is 28.5. The quantitative estimate of drug-likeness (QED) is 0.469. The van der Waals surface area contributed by atoms with E-state index in [0.717, 1.165) is 6.07 Å². The van der Waals surface area contributed by atoms with E-state index in [9.17, 15) is 31.9 Å². The fourth-order valence-electron chi connectivity index (χ4n) is 5.07. The maximum atomic E-state index is 13.9. The Kier molecular flexibility index (Phi) is 7.99. The van der Waals surface area contributed by atoms with Crippen LogP contribution in [0.2, 0.25) is 0 Å². The molecule has 0 saturated carbocycles.